The molecule has 122 valence electrons. The van der Waals surface area contributed by atoms with Crippen molar-refractivity contribution in [1.82, 2.24) is 14.8 Å². The number of amides is 1. The van der Waals surface area contributed by atoms with Crippen molar-refractivity contribution in [3.63, 3.8) is 0 Å². The van der Waals surface area contributed by atoms with E-state index in [4.69, 9.17) is 0 Å². The van der Waals surface area contributed by atoms with E-state index in [2.05, 4.69) is 26.1 Å². The normalized spacial score (nSPS) is 16.9. The van der Waals surface area contributed by atoms with Crippen molar-refractivity contribution in [2.75, 3.05) is 26.2 Å². The van der Waals surface area contributed by atoms with E-state index in [0.29, 0.717) is 18.7 Å². The molecule has 0 bridgehead atoms. The van der Waals surface area contributed by atoms with Crippen LogP contribution in [0, 0.1) is 0 Å². The minimum Gasteiger partial charge on any atom is -0.336 e. The van der Waals surface area contributed by atoms with E-state index in [-0.39, 0.29) is 23.4 Å². The Kier molecular flexibility index (Phi) is 5.40. The molecule has 0 aliphatic carbocycles. The van der Waals surface area contributed by atoms with Gasteiger partial charge in [-0.2, -0.15) is 0 Å². The van der Waals surface area contributed by atoms with Gasteiger partial charge in [0.1, 0.15) is 5.56 Å². The number of hydrogen-bond donors (Lipinski definition) is 1. The maximum atomic E-state index is 12.9. The molecule has 5 nitrogen and oxygen atoms in total. The summed E-state index contributed by atoms with van der Waals surface area (Å²) in [6.07, 6.45) is 0.866. The molecular formula is C17H27N3O2. The first kappa shape index (κ1) is 16.7. The van der Waals surface area contributed by atoms with Crippen molar-refractivity contribution >= 4 is 5.91 Å². The summed E-state index contributed by atoms with van der Waals surface area (Å²) < 4.78 is 1.81. The van der Waals surface area contributed by atoms with E-state index in [9.17, 15) is 9.59 Å². The van der Waals surface area contributed by atoms with Gasteiger partial charge >= 0.3 is 0 Å². The summed E-state index contributed by atoms with van der Waals surface area (Å²) in [4.78, 5) is 27.3. The van der Waals surface area contributed by atoms with Crippen molar-refractivity contribution in [3.05, 3.63) is 33.7 Å². The average molecular weight is 305 g/mol. The number of piperazine rings is 1. The van der Waals surface area contributed by atoms with Gasteiger partial charge in [-0.25, -0.2) is 0 Å². The predicted octanol–water partition coefficient (Wildman–Crippen LogP) is 1.99. The molecule has 1 fully saturated rings. The Bertz CT molecular complexity index is 586. The first-order chi connectivity index (χ1) is 10.5. The number of nitrogens with one attached hydrogen (secondary N) is 1. The fourth-order valence-electron chi connectivity index (χ4n) is 2.88. The quantitative estimate of drug-likeness (QED) is 0.925. The van der Waals surface area contributed by atoms with Crippen LogP contribution in [0.5, 0.6) is 0 Å². The van der Waals surface area contributed by atoms with Crippen LogP contribution in [0.15, 0.2) is 16.9 Å². The third-order valence-corrected chi connectivity index (χ3v) is 4.41. The molecule has 2 rings (SSSR count). The Morgan fingerprint density at radius 3 is 2.41 bits per heavy atom. The van der Waals surface area contributed by atoms with Crippen LogP contribution < -0.4 is 10.9 Å². The van der Waals surface area contributed by atoms with Gasteiger partial charge in [0.05, 0.1) is 0 Å². The minimum atomic E-state index is -0.149. The van der Waals surface area contributed by atoms with Gasteiger partial charge in [-0.1, -0.05) is 20.8 Å². The van der Waals surface area contributed by atoms with Crippen LogP contribution in [0.1, 0.15) is 62.1 Å². The van der Waals surface area contributed by atoms with Crippen LogP contribution in [0.2, 0.25) is 0 Å². The summed E-state index contributed by atoms with van der Waals surface area (Å²) >= 11 is 0. The van der Waals surface area contributed by atoms with Gasteiger partial charge < -0.3 is 14.8 Å². The van der Waals surface area contributed by atoms with E-state index in [1.54, 1.807) is 15.5 Å². The van der Waals surface area contributed by atoms with Gasteiger partial charge in [0.2, 0.25) is 0 Å². The van der Waals surface area contributed by atoms with Crippen LogP contribution >= 0.6 is 0 Å². The molecule has 1 aliphatic heterocycles. The molecule has 1 N–H and O–H groups in total. The number of carbonyl (C=O) groups is 1. The lowest BCUT2D eigenvalue weighted by Gasteiger charge is -2.28. The largest absolute Gasteiger partial charge is 0.336 e. The highest BCUT2D eigenvalue weighted by Gasteiger charge is 2.23. The number of rotatable bonds is 4. The van der Waals surface area contributed by atoms with E-state index < -0.39 is 0 Å². The number of aromatic nitrogens is 1. The smallest absolute Gasteiger partial charge is 0.263 e. The molecule has 5 heteroatoms. The van der Waals surface area contributed by atoms with Gasteiger partial charge in [0, 0.05) is 37.9 Å². The Balaban J connectivity index is 2.45. The Labute approximate surface area is 132 Å². The van der Waals surface area contributed by atoms with Gasteiger partial charge in [-0.15, -0.1) is 0 Å². The predicted molar refractivity (Wildman–Crippen MR) is 88.6 cm³/mol. The topological polar surface area (TPSA) is 54.3 Å². The molecule has 2 heterocycles. The summed E-state index contributed by atoms with van der Waals surface area (Å²) in [5.74, 6) is 0.115. The zero-order chi connectivity index (χ0) is 16.3. The lowest BCUT2D eigenvalue weighted by Crippen LogP contribution is -2.48. The molecule has 0 saturated carbocycles. The molecule has 1 saturated heterocycles. The zero-order valence-corrected chi connectivity index (χ0v) is 14.1. The third kappa shape index (κ3) is 3.24. The zero-order valence-electron chi connectivity index (χ0n) is 14.1. The van der Waals surface area contributed by atoms with Crippen LogP contribution in [0.4, 0.5) is 0 Å². The van der Waals surface area contributed by atoms with Gasteiger partial charge in [-0.3, -0.25) is 9.59 Å². The van der Waals surface area contributed by atoms with E-state index >= 15 is 0 Å². The SMILES string of the molecule is CCC(C)n1c(C(C)C)ccc(C(=O)N2CCNCC2)c1=O. The molecule has 1 atom stereocenters. The van der Waals surface area contributed by atoms with Crippen molar-refractivity contribution < 1.29 is 4.79 Å². The van der Waals surface area contributed by atoms with Crippen LogP contribution in [-0.2, 0) is 0 Å². The van der Waals surface area contributed by atoms with Gasteiger partial charge in [0.25, 0.3) is 11.5 Å². The maximum Gasteiger partial charge on any atom is 0.263 e. The third-order valence-electron chi connectivity index (χ3n) is 4.41. The molecule has 1 aromatic heterocycles. The fourth-order valence-corrected chi connectivity index (χ4v) is 2.88. The summed E-state index contributed by atoms with van der Waals surface area (Å²) in [7, 11) is 0. The molecule has 1 amide bonds. The molecule has 0 radical (unpaired) electrons. The van der Waals surface area contributed by atoms with E-state index in [1.165, 1.54) is 0 Å². The highest BCUT2D eigenvalue weighted by atomic mass is 16.2. The van der Waals surface area contributed by atoms with Crippen molar-refractivity contribution in [2.24, 2.45) is 0 Å². The Hall–Kier alpha value is -1.62. The maximum absolute atomic E-state index is 12.9. The number of pyridine rings is 1. The molecule has 1 aliphatic rings. The molecular weight excluding hydrogens is 278 g/mol. The summed E-state index contributed by atoms with van der Waals surface area (Å²) in [5.41, 5.74) is 1.15. The van der Waals surface area contributed by atoms with Gasteiger partial charge in [-0.05, 0) is 31.4 Å². The first-order valence-electron chi connectivity index (χ1n) is 8.22. The molecule has 22 heavy (non-hydrogen) atoms. The van der Waals surface area contributed by atoms with Crippen molar-refractivity contribution in [3.8, 4) is 0 Å². The van der Waals surface area contributed by atoms with Crippen molar-refractivity contribution in [1.29, 1.82) is 0 Å². The molecule has 0 aromatic carbocycles. The second-order valence-corrected chi connectivity index (χ2v) is 6.30. The summed E-state index contributed by atoms with van der Waals surface area (Å²) in [5, 5.41) is 3.22. The van der Waals surface area contributed by atoms with Crippen LogP contribution in [0.25, 0.3) is 0 Å². The Morgan fingerprint density at radius 1 is 1.23 bits per heavy atom. The summed E-state index contributed by atoms with van der Waals surface area (Å²) in [6, 6.07) is 3.75. The van der Waals surface area contributed by atoms with Crippen LogP contribution in [-0.4, -0.2) is 41.6 Å². The van der Waals surface area contributed by atoms with Crippen LogP contribution in [0.3, 0.4) is 0 Å². The van der Waals surface area contributed by atoms with Gasteiger partial charge in [0.15, 0.2) is 0 Å². The second-order valence-electron chi connectivity index (χ2n) is 6.30. The number of carbonyl (C=O) groups excluding carboxylic acids is 1. The average Bonchev–Trinajstić information content (AvgIpc) is 2.53. The van der Waals surface area contributed by atoms with E-state index in [0.717, 1.165) is 25.2 Å². The Morgan fingerprint density at radius 2 is 1.86 bits per heavy atom. The van der Waals surface area contributed by atoms with Crippen molar-refractivity contribution in [2.45, 2.75) is 46.1 Å². The first-order valence-corrected chi connectivity index (χ1v) is 8.22. The summed E-state index contributed by atoms with van der Waals surface area (Å²) in [6.45, 7) is 11.1. The number of nitrogens with zero attached hydrogens (tertiary/aromatic N) is 2. The highest BCUT2D eigenvalue weighted by Crippen LogP contribution is 2.19. The lowest BCUT2D eigenvalue weighted by atomic mass is 10.1. The standard InChI is InChI=1S/C17H27N3O2/c1-5-13(4)20-15(12(2)3)7-6-14(17(20)22)16(21)19-10-8-18-9-11-19/h6-7,12-13,18H,5,8-11H2,1-4H3. The van der Waals surface area contributed by atoms with E-state index in [1.807, 2.05) is 13.0 Å². The molecule has 0 spiro atoms. The minimum absolute atomic E-state index is 0.0978. The second kappa shape index (κ2) is 7.09. The monoisotopic (exact) mass is 305 g/mol. The molecule has 1 unspecified atom stereocenters. The molecule has 1 aromatic rings. The highest BCUT2D eigenvalue weighted by molar-refractivity contribution is 5.94. The fraction of sp³-hybridized carbons (Fsp3) is 0.647. The number of hydrogen-bond acceptors (Lipinski definition) is 3. The lowest BCUT2D eigenvalue weighted by molar-refractivity contribution is 0.0733.